The smallest absolute Gasteiger partial charge is 0.216 e. The Hall–Kier alpha value is -4.64. The van der Waals surface area contributed by atoms with Crippen molar-refractivity contribution < 1.29 is 46.0 Å². The molecule has 0 amide bonds. The van der Waals surface area contributed by atoms with Gasteiger partial charge in [0.2, 0.25) is 5.88 Å². The van der Waals surface area contributed by atoms with Crippen LogP contribution in [0.2, 0.25) is 0 Å². The maximum absolute atomic E-state index is 12.5. The maximum Gasteiger partial charge on any atom is 0.216 e. The SMILES string of the molecule is Fc1c[c-]c(Oc2ccccn2)cc1.[2H]c1cc(C([2H])([2H])C(C)(C)C)cc(C([2H])([2H])[2H])c1-c1cc(-c2[c-]ccc3c2oc2ccccc23)ncc1C([2H])([2H])[2H].[Ir]. The number of aromatic nitrogens is 2. The monoisotopic (exact) mass is 808 g/mol. The van der Waals surface area contributed by atoms with E-state index in [1.54, 1.807) is 45.2 Å². The molecule has 0 unspecified atom stereocenters. The van der Waals surface area contributed by atoms with Crippen LogP contribution in [-0.4, -0.2) is 9.97 Å². The van der Waals surface area contributed by atoms with E-state index in [1.807, 2.05) is 36.4 Å². The van der Waals surface area contributed by atoms with Gasteiger partial charge in [0.1, 0.15) is 5.58 Å². The molecule has 6 heteroatoms. The fourth-order valence-electron chi connectivity index (χ4n) is 4.88. The van der Waals surface area contributed by atoms with Crippen LogP contribution >= 0.6 is 0 Å². The number of furan rings is 1. The van der Waals surface area contributed by atoms with Gasteiger partial charge in [0.15, 0.2) is 0 Å². The van der Waals surface area contributed by atoms with E-state index in [4.69, 9.17) is 21.5 Å². The van der Waals surface area contributed by atoms with Gasteiger partial charge in [0.25, 0.3) is 0 Å². The molecule has 0 fully saturated rings. The Morgan fingerprint density at radius 2 is 1.74 bits per heavy atom. The summed E-state index contributed by atoms with van der Waals surface area (Å²) in [6.45, 7) is -0.369. The Kier molecular flexibility index (Phi) is 7.25. The van der Waals surface area contributed by atoms with Crippen molar-refractivity contribution in [2.24, 2.45) is 5.41 Å². The first-order valence-corrected chi connectivity index (χ1v) is 14.5. The van der Waals surface area contributed by atoms with Crippen molar-refractivity contribution in [1.29, 1.82) is 0 Å². The molecule has 239 valence electrons. The molecule has 7 aromatic rings. The molecule has 0 spiro atoms. The molecule has 3 heterocycles. The van der Waals surface area contributed by atoms with Crippen molar-refractivity contribution in [3.63, 3.8) is 0 Å². The van der Waals surface area contributed by atoms with E-state index in [0.717, 1.165) is 10.8 Å². The van der Waals surface area contributed by atoms with Gasteiger partial charge >= 0.3 is 0 Å². The van der Waals surface area contributed by atoms with Crippen LogP contribution in [0.1, 0.15) is 49.8 Å². The van der Waals surface area contributed by atoms with Crippen LogP contribution in [0.25, 0.3) is 44.3 Å². The van der Waals surface area contributed by atoms with Crippen LogP contribution in [0.3, 0.4) is 0 Å². The fourth-order valence-corrected chi connectivity index (χ4v) is 4.88. The number of halogens is 1. The van der Waals surface area contributed by atoms with Crippen molar-refractivity contribution in [3.05, 3.63) is 144 Å². The summed E-state index contributed by atoms with van der Waals surface area (Å²) in [7, 11) is 0. The van der Waals surface area contributed by atoms with Gasteiger partial charge in [0.05, 0.1) is 6.95 Å². The van der Waals surface area contributed by atoms with Crippen molar-refractivity contribution in [1.82, 2.24) is 9.97 Å². The van der Waals surface area contributed by atoms with Crippen LogP contribution in [0, 0.1) is 37.1 Å². The molecular formula is C41H35FIrN2O2-2. The molecule has 0 aliphatic heterocycles. The summed E-state index contributed by atoms with van der Waals surface area (Å²) in [5.74, 6) is 0.582. The number of benzene rings is 4. The van der Waals surface area contributed by atoms with Crippen LogP contribution in [-0.2, 0) is 26.5 Å². The molecule has 7 rings (SSSR count). The number of ether oxygens (including phenoxy) is 1. The zero-order chi connectivity index (χ0) is 39.9. The molecule has 3 aromatic heterocycles. The van der Waals surface area contributed by atoms with Gasteiger partial charge in [0, 0.05) is 66.5 Å². The predicted octanol–water partition coefficient (Wildman–Crippen LogP) is 11.1. The van der Waals surface area contributed by atoms with E-state index in [1.165, 1.54) is 42.6 Å². The van der Waals surface area contributed by atoms with Crippen LogP contribution in [0.15, 0.2) is 114 Å². The second-order valence-electron chi connectivity index (χ2n) is 11.5. The molecule has 0 saturated heterocycles. The summed E-state index contributed by atoms with van der Waals surface area (Å²) < 4.78 is 99.5. The number of fused-ring (bicyclic) bond motifs is 3. The number of nitrogens with zero attached hydrogens (tertiary/aromatic N) is 2. The van der Waals surface area contributed by atoms with Crippen molar-refractivity contribution in [3.8, 4) is 34.0 Å². The van der Waals surface area contributed by atoms with Crippen LogP contribution < -0.4 is 4.74 Å². The van der Waals surface area contributed by atoms with Gasteiger partial charge in [-0.2, -0.15) is 0 Å². The van der Waals surface area contributed by atoms with Gasteiger partial charge in [-0.1, -0.05) is 80.2 Å². The number of aryl methyl sites for hydroxylation is 2. The zero-order valence-corrected chi connectivity index (χ0v) is 28.1. The van der Waals surface area contributed by atoms with E-state index in [-0.39, 0.29) is 59.8 Å². The molecule has 0 aliphatic carbocycles. The van der Waals surface area contributed by atoms with Crippen molar-refractivity contribution in [2.75, 3.05) is 0 Å². The third-order valence-electron chi connectivity index (χ3n) is 6.83. The number of hydrogen-bond acceptors (Lipinski definition) is 4. The average Bonchev–Trinajstić information content (AvgIpc) is 3.50. The second kappa shape index (κ2) is 14.4. The first-order chi connectivity index (χ1) is 25.8. The number of pyridine rings is 2. The maximum atomic E-state index is 12.5. The standard InChI is InChI=1S/C30H28NO.C11H7FNO.Ir/c1-19-15-21(17-30(3,4)5)13-14-22(19)26-16-27(31-18-20(26)2)25-11-8-10-24-23-9-6-7-12-28(23)32-29(24)25;12-9-4-6-10(7-5-9)14-11-3-1-2-8-13-11;/h6-10,12-16,18H,17H2,1-5H3;1-6,8H;/q2*-1;/i1D3,2D3,14D,17D2;;. The van der Waals surface area contributed by atoms with Gasteiger partial charge in [-0.05, 0) is 71.1 Å². The van der Waals surface area contributed by atoms with Crippen molar-refractivity contribution >= 4 is 21.9 Å². The Balaban J connectivity index is 0.000000336. The second-order valence-corrected chi connectivity index (χ2v) is 11.5. The molecule has 4 aromatic carbocycles. The van der Waals surface area contributed by atoms with E-state index >= 15 is 0 Å². The third-order valence-corrected chi connectivity index (χ3v) is 6.83. The van der Waals surface area contributed by atoms with Gasteiger partial charge in [-0.15, -0.1) is 42.5 Å². The molecule has 4 nitrogen and oxygen atoms in total. The number of rotatable bonds is 5. The largest absolute Gasteiger partial charge is 0.501 e. The summed E-state index contributed by atoms with van der Waals surface area (Å²) in [5.41, 5.74) is 0.416. The Bertz CT molecular complexity index is 2480. The fraction of sp³-hybridized carbons (Fsp3) is 0.171. The average molecular weight is 808 g/mol. The normalized spacial score (nSPS) is 14.8. The number of hydrogen-bond donors (Lipinski definition) is 0. The Morgan fingerprint density at radius 3 is 2.49 bits per heavy atom. The van der Waals surface area contributed by atoms with Crippen LogP contribution in [0.4, 0.5) is 4.39 Å². The van der Waals surface area contributed by atoms with E-state index in [9.17, 15) is 4.39 Å². The number of para-hydroxylation sites is 1. The topological polar surface area (TPSA) is 48.2 Å². The molecule has 47 heavy (non-hydrogen) atoms. The summed E-state index contributed by atoms with van der Waals surface area (Å²) in [6, 6.07) is 29.9. The van der Waals surface area contributed by atoms with E-state index < -0.39 is 25.5 Å². The molecule has 0 N–H and O–H groups in total. The molecule has 0 atom stereocenters. The van der Waals surface area contributed by atoms with E-state index in [0.29, 0.717) is 34.1 Å². The van der Waals surface area contributed by atoms with E-state index in [2.05, 4.69) is 22.1 Å². The minimum atomic E-state index is -2.77. The minimum Gasteiger partial charge on any atom is -0.501 e. The molecule has 1 radical (unpaired) electrons. The predicted molar refractivity (Wildman–Crippen MR) is 183 cm³/mol. The van der Waals surface area contributed by atoms with Gasteiger partial charge in [-0.25, -0.2) is 4.98 Å². The quantitative estimate of drug-likeness (QED) is 0.163. The summed E-state index contributed by atoms with van der Waals surface area (Å²) in [6.07, 6.45) is 0.834. The molecule has 0 saturated carbocycles. The molecular weight excluding hydrogens is 764 g/mol. The Labute approximate surface area is 301 Å². The van der Waals surface area contributed by atoms with Gasteiger partial charge < -0.3 is 14.1 Å². The van der Waals surface area contributed by atoms with Gasteiger partial charge in [-0.3, -0.25) is 4.39 Å². The first kappa shape index (κ1) is 23.6. The summed E-state index contributed by atoms with van der Waals surface area (Å²) in [5, 5.41) is 1.70. The third kappa shape index (κ3) is 8.02. The van der Waals surface area contributed by atoms with Crippen molar-refractivity contribution in [2.45, 2.75) is 40.8 Å². The molecule has 0 bridgehead atoms. The Morgan fingerprint density at radius 1 is 0.915 bits per heavy atom. The first-order valence-electron chi connectivity index (χ1n) is 19.0. The zero-order valence-electron chi connectivity index (χ0n) is 34.7. The summed E-state index contributed by atoms with van der Waals surface area (Å²) in [4.78, 5) is 8.38. The summed E-state index contributed by atoms with van der Waals surface area (Å²) >= 11 is 0. The van der Waals surface area contributed by atoms with Crippen LogP contribution in [0.5, 0.6) is 11.6 Å². The molecule has 0 aliphatic rings. The minimum absolute atomic E-state index is 0.